The van der Waals surface area contributed by atoms with E-state index in [-0.39, 0.29) is 0 Å². The fourth-order valence-electron chi connectivity index (χ4n) is 1.31. The summed E-state index contributed by atoms with van der Waals surface area (Å²) in [6.45, 7) is 0. The lowest BCUT2D eigenvalue weighted by molar-refractivity contribution is 0.849. The highest BCUT2D eigenvalue weighted by Crippen LogP contribution is 2.38. The van der Waals surface area contributed by atoms with E-state index in [1.165, 1.54) is 12.8 Å². The van der Waals surface area contributed by atoms with Gasteiger partial charge in [-0.15, -0.1) is 0 Å². The molecule has 0 bridgehead atoms. The molecule has 1 saturated carbocycles. The lowest BCUT2D eigenvalue weighted by Crippen LogP contribution is -1.98. The van der Waals surface area contributed by atoms with Crippen LogP contribution >= 0.6 is 15.9 Å². The monoisotopic (exact) mass is 251 g/mol. The van der Waals surface area contributed by atoms with Crippen LogP contribution in [-0.2, 0) is 6.42 Å². The van der Waals surface area contributed by atoms with Gasteiger partial charge in [0.2, 0.25) is 0 Å². The summed E-state index contributed by atoms with van der Waals surface area (Å²) in [6.07, 6.45) is 5.44. The Balaban J connectivity index is 2.19. The van der Waals surface area contributed by atoms with Crippen molar-refractivity contribution in [1.82, 2.24) is 9.97 Å². The molecule has 0 amide bonds. The molecule has 0 aromatic carbocycles. The Morgan fingerprint density at radius 2 is 2.36 bits per heavy atom. The fraction of sp³-hybridized carbons (Fsp3) is 0.500. The van der Waals surface area contributed by atoms with Crippen LogP contribution in [0.2, 0.25) is 0 Å². The molecule has 3 nitrogen and oxygen atoms in total. The molecule has 0 radical (unpaired) electrons. The summed E-state index contributed by atoms with van der Waals surface area (Å²) < 4.78 is 0.914. The molecular formula is C10H10BrN3. The van der Waals surface area contributed by atoms with Crippen LogP contribution < -0.4 is 0 Å². The van der Waals surface area contributed by atoms with Gasteiger partial charge in [-0.3, -0.25) is 0 Å². The highest BCUT2D eigenvalue weighted by Gasteiger charge is 2.26. The molecule has 1 fully saturated rings. The summed E-state index contributed by atoms with van der Waals surface area (Å²) in [5, 5.41) is 8.50. The van der Waals surface area contributed by atoms with Crippen LogP contribution in [0.25, 0.3) is 0 Å². The number of halogens is 1. The molecule has 0 atom stereocenters. The molecule has 4 heteroatoms. The van der Waals surface area contributed by atoms with Crippen molar-refractivity contribution in [1.29, 1.82) is 5.26 Å². The number of aromatic nitrogens is 2. The fourth-order valence-corrected chi connectivity index (χ4v) is 1.69. The van der Waals surface area contributed by atoms with Gasteiger partial charge in [-0.05, 0) is 28.8 Å². The third kappa shape index (κ3) is 2.10. The quantitative estimate of drug-likeness (QED) is 0.830. The predicted molar refractivity (Wildman–Crippen MR) is 55.6 cm³/mol. The van der Waals surface area contributed by atoms with Crippen molar-refractivity contribution in [3.63, 3.8) is 0 Å². The maximum absolute atomic E-state index is 8.50. The summed E-state index contributed by atoms with van der Waals surface area (Å²) in [5.74, 6) is 1.52. The van der Waals surface area contributed by atoms with Gasteiger partial charge in [0.1, 0.15) is 5.82 Å². The van der Waals surface area contributed by atoms with Gasteiger partial charge < -0.3 is 0 Å². The van der Waals surface area contributed by atoms with Gasteiger partial charge in [0.15, 0.2) is 0 Å². The van der Waals surface area contributed by atoms with E-state index in [2.05, 4.69) is 32.0 Å². The van der Waals surface area contributed by atoms with Gasteiger partial charge in [-0.1, -0.05) is 0 Å². The van der Waals surface area contributed by atoms with Gasteiger partial charge in [0.05, 0.1) is 16.2 Å². The van der Waals surface area contributed by atoms with Gasteiger partial charge in [-0.25, -0.2) is 9.97 Å². The van der Waals surface area contributed by atoms with Gasteiger partial charge in [0, 0.05) is 25.0 Å². The molecule has 14 heavy (non-hydrogen) atoms. The van der Waals surface area contributed by atoms with Gasteiger partial charge in [0.25, 0.3) is 0 Å². The SMILES string of the molecule is N#CCCc1nc(C2CC2)ncc1Br. The zero-order valence-electron chi connectivity index (χ0n) is 7.70. The maximum atomic E-state index is 8.50. The van der Waals surface area contributed by atoms with Crippen molar-refractivity contribution >= 4 is 15.9 Å². The summed E-state index contributed by atoms with van der Waals surface area (Å²) in [5.41, 5.74) is 0.962. The molecule has 1 aliphatic rings. The zero-order valence-corrected chi connectivity index (χ0v) is 9.29. The van der Waals surface area contributed by atoms with E-state index >= 15 is 0 Å². The van der Waals surface area contributed by atoms with Crippen molar-refractivity contribution in [3.8, 4) is 6.07 Å². The normalized spacial score (nSPS) is 15.1. The van der Waals surface area contributed by atoms with Crippen LogP contribution in [0.15, 0.2) is 10.7 Å². The average Bonchev–Trinajstić information content (AvgIpc) is 3.00. The summed E-state index contributed by atoms with van der Waals surface area (Å²) >= 11 is 3.40. The molecule has 1 aromatic rings. The Morgan fingerprint density at radius 3 is 3.00 bits per heavy atom. The molecule has 1 heterocycles. The van der Waals surface area contributed by atoms with Crippen molar-refractivity contribution in [2.75, 3.05) is 0 Å². The molecule has 0 N–H and O–H groups in total. The number of rotatable bonds is 3. The molecule has 1 aliphatic carbocycles. The summed E-state index contributed by atoms with van der Waals surface area (Å²) in [6, 6.07) is 2.13. The Kier molecular flexibility index (Phi) is 2.78. The maximum Gasteiger partial charge on any atom is 0.131 e. The molecule has 0 saturated heterocycles. The number of hydrogen-bond donors (Lipinski definition) is 0. The van der Waals surface area contributed by atoms with Crippen LogP contribution in [0.4, 0.5) is 0 Å². The lowest BCUT2D eigenvalue weighted by atomic mass is 10.2. The van der Waals surface area contributed by atoms with E-state index in [0.29, 0.717) is 18.8 Å². The second kappa shape index (κ2) is 4.05. The van der Waals surface area contributed by atoms with Crippen LogP contribution in [0.3, 0.4) is 0 Å². The van der Waals surface area contributed by atoms with E-state index in [0.717, 1.165) is 16.0 Å². The van der Waals surface area contributed by atoms with E-state index in [1.807, 2.05) is 0 Å². The van der Waals surface area contributed by atoms with Gasteiger partial charge in [-0.2, -0.15) is 5.26 Å². The van der Waals surface area contributed by atoms with Crippen molar-refractivity contribution in [3.05, 3.63) is 22.2 Å². The summed E-state index contributed by atoms with van der Waals surface area (Å²) in [4.78, 5) is 8.73. The molecule has 72 valence electrons. The first-order valence-corrected chi connectivity index (χ1v) is 5.49. The van der Waals surface area contributed by atoms with E-state index in [9.17, 15) is 0 Å². The van der Waals surface area contributed by atoms with Crippen LogP contribution in [0.1, 0.15) is 36.7 Å². The average molecular weight is 252 g/mol. The lowest BCUT2D eigenvalue weighted by Gasteiger charge is -2.03. The number of hydrogen-bond acceptors (Lipinski definition) is 3. The van der Waals surface area contributed by atoms with Crippen LogP contribution in [-0.4, -0.2) is 9.97 Å². The van der Waals surface area contributed by atoms with Gasteiger partial charge >= 0.3 is 0 Å². The minimum Gasteiger partial charge on any atom is -0.240 e. The van der Waals surface area contributed by atoms with E-state index in [1.54, 1.807) is 6.20 Å². The number of nitrogens with zero attached hydrogens (tertiary/aromatic N) is 3. The standard InChI is InChI=1S/C10H10BrN3/c11-8-6-13-10(7-3-4-7)14-9(8)2-1-5-12/h6-7H,1-4H2. The first kappa shape index (κ1) is 9.60. The predicted octanol–water partition coefficient (Wildman–Crippen LogP) is 2.57. The minimum absolute atomic E-state index is 0.514. The van der Waals surface area contributed by atoms with Crippen molar-refractivity contribution in [2.45, 2.75) is 31.6 Å². The van der Waals surface area contributed by atoms with E-state index < -0.39 is 0 Å². The first-order valence-electron chi connectivity index (χ1n) is 4.69. The highest BCUT2D eigenvalue weighted by atomic mass is 79.9. The third-order valence-electron chi connectivity index (χ3n) is 2.25. The topological polar surface area (TPSA) is 49.6 Å². The number of nitriles is 1. The summed E-state index contributed by atoms with van der Waals surface area (Å²) in [7, 11) is 0. The van der Waals surface area contributed by atoms with Crippen molar-refractivity contribution in [2.24, 2.45) is 0 Å². The molecule has 2 rings (SSSR count). The molecular weight excluding hydrogens is 242 g/mol. The van der Waals surface area contributed by atoms with Crippen LogP contribution in [0.5, 0.6) is 0 Å². The Hall–Kier alpha value is -0.950. The Morgan fingerprint density at radius 1 is 1.57 bits per heavy atom. The number of aryl methyl sites for hydroxylation is 1. The third-order valence-corrected chi connectivity index (χ3v) is 2.91. The highest BCUT2D eigenvalue weighted by molar-refractivity contribution is 9.10. The Bertz CT molecular complexity index is 379. The smallest absolute Gasteiger partial charge is 0.131 e. The van der Waals surface area contributed by atoms with Crippen LogP contribution in [0, 0.1) is 11.3 Å². The molecule has 0 aliphatic heterocycles. The van der Waals surface area contributed by atoms with E-state index in [4.69, 9.17) is 5.26 Å². The minimum atomic E-state index is 0.514. The molecule has 1 aromatic heterocycles. The molecule has 0 spiro atoms. The second-order valence-electron chi connectivity index (χ2n) is 3.46. The zero-order chi connectivity index (χ0) is 9.97. The largest absolute Gasteiger partial charge is 0.240 e. The second-order valence-corrected chi connectivity index (χ2v) is 4.31. The van der Waals surface area contributed by atoms with Crippen molar-refractivity contribution < 1.29 is 0 Å². The Labute approximate surface area is 91.3 Å². The molecule has 0 unspecified atom stereocenters. The first-order chi connectivity index (χ1) is 6.81.